The van der Waals surface area contributed by atoms with Crippen LogP contribution in [0.15, 0.2) is 23.1 Å². The molecule has 0 spiro atoms. The fourth-order valence-electron chi connectivity index (χ4n) is 1.82. The fraction of sp³-hybridized carbons (Fsp3) is 0.385. The standard InChI is InChI=1S/C13H16N2O4S/c1-3-15(7-6-13(16)17)20(18,19)12-5-4-11(9-14)8-10(12)2/h4-5,8H,3,6-7H2,1-2H3,(H,16,17). The van der Waals surface area contributed by atoms with Crippen LogP contribution in [0.2, 0.25) is 0 Å². The summed E-state index contributed by atoms with van der Waals surface area (Å²) in [6.07, 6.45) is -0.248. The van der Waals surface area contributed by atoms with Crippen LogP contribution in [0.4, 0.5) is 0 Å². The molecule has 0 aliphatic heterocycles. The summed E-state index contributed by atoms with van der Waals surface area (Å²) in [7, 11) is -3.74. The van der Waals surface area contributed by atoms with E-state index in [1.807, 2.05) is 6.07 Å². The molecule has 6 nitrogen and oxygen atoms in total. The first kappa shape index (κ1) is 16.1. The number of hydrogen-bond donors (Lipinski definition) is 1. The lowest BCUT2D eigenvalue weighted by Crippen LogP contribution is -2.33. The molecule has 1 aromatic carbocycles. The van der Waals surface area contributed by atoms with E-state index in [2.05, 4.69) is 0 Å². The summed E-state index contributed by atoms with van der Waals surface area (Å²) in [5.41, 5.74) is 0.854. The quantitative estimate of drug-likeness (QED) is 0.854. The topological polar surface area (TPSA) is 98.5 Å². The lowest BCUT2D eigenvalue weighted by atomic mass is 10.2. The van der Waals surface area contributed by atoms with Crippen LogP contribution in [0.25, 0.3) is 0 Å². The Morgan fingerprint density at radius 1 is 1.45 bits per heavy atom. The van der Waals surface area contributed by atoms with E-state index >= 15 is 0 Å². The number of aryl methyl sites for hydroxylation is 1. The molecule has 1 N–H and O–H groups in total. The zero-order valence-electron chi connectivity index (χ0n) is 11.3. The van der Waals surface area contributed by atoms with E-state index in [4.69, 9.17) is 10.4 Å². The summed E-state index contributed by atoms with van der Waals surface area (Å²) in [5.74, 6) is -1.05. The molecule has 0 aliphatic rings. The minimum atomic E-state index is -3.74. The van der Waals surface area contributed by atoms with Crippen molar-refractivity contribution >= 4 is 16.0 Å². The molecule has 1 aromatic rings. The summed E-state index contributed by atoms with van der Waals surface area (Å²) < 4.78 is 26.0. The molecule has 0 atom stereocenters. The number of benzene rings is 1. The average Bonchev–Trinajstić information content (AvgIpc) is 2.38. The van der Waals surface area contributed by atoms with Gasteiger partial charge in [0.15, 0.2) is 0 Å². The summed E-state index contributed by atoms with van der Waals surface area (Å²) in [6, 6.07) is 6.26. The third-order valence-electron chi connectivity index (χ3n) is 2.85. The molecule has 0 aromatic heterocycles. The molecule has 0 saturated carbocycles. The first-order valence-electron chi connectivity index (χ1n) is 6.05. The molecule has 1 rings (SSSR count). The van der Waals surface area contributed by atoms with Crippen molar-refractivity contribution in [2.24, 2.45) is 0 Å². The van der Waals surface area contributed by atoms with Crippen LogP contribution in [0.5, 0.6) is 0 Å². The molecule has 0 heterocycles. The molecular formula is C13H16N2O4S. The van der Waals surface area contributed by atoms with Crippen LogP contribution in [0, 0.1) is 18.3 Å². The molecule has 0 saturated heterocycles. The Morgan fingerprint density at radius 2 is 2.10 bits per heavy atom. The van der Waals surface area contributed by atoms with Gasteiger partial charge in [0.2, 0.25) is 10.0 Å². The zero-order valence-corrected chi connectivity index (χ0v) is 12.1. The van der Waals surface area contributed by atoms with Crippen LogP contribution in [-0.2, 0) is 14.8 Å². The number of nitriles is 1. The fourth-order valence-corrected chi connectivity index (χ4v) is 3.47. The number of sulfonamides is 1. The van der Waals surface area contributed by atoms with Gasteiger partial charge in [0.25, 0.3) is 0 Å². The van der Waals surface area contributed by atoms with Crippen LogP contribution < -0.4 is 0 Å². The van der Waals surface area contributed by atoms with Crippen LogP contribution in [-0.4, -0.2) is 36.9 Å². The Morgan fingerprint density at radius 3 is 2.55 bits per heavy atom. The van der Waals surface area contributed by atoms with Gasteiger partial charge in [0, 0.05) is 13.1 Å². The normalized spacial score (nSPS) is 11.3. The first-order chi connectivity index (χ1) is 9.32. The van der Waals surface area contributed by atoms with Gasteiger partial charge in [-0.2, -0.15) is 9.57 Å². The van der Waals surface area contributed by atoms with Gasteiger partial charge < -0.3 is 5.11 Å². The Kier molecular flexibility index (Phi) is 5.25. The lowest BCUT2D eigenvalue weighted by Gasteiger charge is -2.20. The molecule has 7 heteroatoms. The van der Waals surface area contributed by atoms with Gasteiger partial charge in [-0.05, 0) is 30.7 Å². The second kappa shape index (κ2) is 6.50. The van der Waals surface area contributed by atoms with Crippen molar-refractivity contribution in [2.75, 3.05) is 13.1 Å². The SMILES string of the molecule is CCN(CCC(=O)O)S(=O)(=O)c1ccc(C#N)cc1C. The lowest BCUT2D eigenvalue weighted by molar-refractivity contribution is -0.137. The summed E-state index contributed by atoms with van der Waals surface area (Å²) in [4.78, 5) is 10.7. The number of nitrogens with zero attached hydrogens (tertiary/aromatic N) is 2. The molecular weight excluding hydrogens is 280 g/mol. The Balaban J connectivity index is 3.14. The van der Waals surface area contributed by atoms with E-state index in [0.29, 0.717) is 11.1 Å². The van der Waals surface area contributed by atoms with Crippen molar-refractivity contribution in [1.82, 2.24) is 4.31 Å². The van der Waals surface area contributed by atoms with E-state index < -0.39 is 16.0 Å². The van der Waals surface area contributed by atoms with E-state index in [-0.39, 0.29) is 24.4 Å². The number of carbonyl (C=O) groups is 1. The number of aliphatic carboxylic acids is 1. The summed E-state index contributed by atoms with van der Waals surface area (Å²) in [5, 5.41) is 17.4. The van der Waals surface area contributed by atoms with Gasteiger partial charge >= 0.3 is 5.97 Å². The van der Waals surface area contributed by atoms with Crippen LogP contribution in [0.3, 0.4) is 0 Å². The van der Waals surface area contributed by atoms with Gasteiger partial charge in [-0.25, -0.2) is 8.42 Å². The summed E-state index contributed by atoms with van der Waals surface area (Å²) >= 11 is 0. The predicted molar refractivity (Wildman–Crippen MR) is 72.6 cm³/mol. The summed E-state index contributed by atoms with van der Waals surface area (Å²) in [6.45, 7) is 3.37. The molecule has 0 fully saturated rings. The van der Waals surface area contributed by atoms with E-state index in [9.17, 15) is 13.2 Å². The molecule has 0 amide bonds. The van der Waals surface area contributed by atoms with Gasteiger partial charge in [-0.1, -0.05) is 6.92 Å². The second-order valence-electron chi connectivity index (χ2n) is 4.23. The van der Waals surface area contributed by atoms with Crippen molar-refractivity contribution in [3.8, 4) is 6.07 Å². The minimum Gasteiger partial charge on any atom is -0.481 e. The van der Waals surface area contributed by atoms with Gasteiger partial charge in [-0.15, -0.1) is 0 Å². The Labute approximate surface area is 118 Å². The molecule has 0 aliphatic carbocycles. The predicted octanol–water partition coefficient (Wildman–Crippen LogP) is 1.35. The highest BCUT2D eigenvalue weighted by Gasteiger charge is 2.25. The smallest absolute Gasteiger partial charge is 0.304 e. The van der Waals surface area contributed by atoms with E-state index in [0.717, 1.165) is 4.31 Å². The number of hydrogen-bond acceptors (Lipinski definition) is 4. The van der Waals surface area contributed by atoms with Crippen LogP contribution >= 0.6 is 0 Å². The van der Waals surface area contributed by atoms with Gasteiger partial charge in [0.05, 0.1) is 22.9 Å². The molecule has 20 heavy (non-hydrogen) atoms. The highest BCUT2D eigenvalue weighted by molar-refractivity contribution is 7.89. The minimum absolute atomic E-state index is 0.0758. The highest BCUT2D eigenvalue weighted by atomic mass is 32.2. The number of carboxylic acid groups (broad SMARTS) is 1. The maximum absolute atomic E-state index is 12.4. The van der Waals surface area contributed by atoms with Crippen molar-refractivity contribution in [3.05, 3.63) is 29.3 Å². The molecule has 0 bridgehead atoms. The van der Waals surface area contributed by atoms with Crippen LogP contribution in [0.1, 0.15) is 24.5 Å². The monoisotopic (exact) mass is 296 g/mol. The van der Waals surface area contributed by atoms with Crippen molar-refractivity contribution < 1.29 is 18.3 Å². The van der Waals surface area contributed by atoms with Crippen molar-refractivity contribution in [1.29, 1.82) is 5.26 Å². The number of rotatable bonds is 6. The van der Waals surface area contributed by atoms with E-state index in [1.165, 1.54) is 18.2 Å². The molecule has 0 unspecified atom stereocenters. The highest BCUT2D eigenvalue weighted by Crippen LogP contribution is 2.21. The zero-order chi connectivity index (χ0) is 15.3. The van der Waals surface area contributed by atoms with Gasteiger partial charge in [-0.3, -0.25) is 4.79 Å². The van der Waals surface area contributed by atoms with Crippen molar-refractivity contribution in [2.45, 2.75) is 25.2 Å². The Hall–Kier alpha value is -1.91. The van der Waals surface area contributed by atoms with Gasteiger partial charge in [0.1, 0.15) is 0 Å². The maximum Gasteiger partial charge on any atom is 0.304 e. The van der Waals surface area contributed by atoms with E-state index in [1.54, 1.807) is 13.8 Å². The third kappa shape index (κ3) is 3.56. The largest absolute Gasteiger partial charge is 0.481 e. The maximum atomic E-state index is 12.4. The van der Waals surface area contributed by atoms with Crippen molar-refractivity contribution in [3.63, 3.8) is 0 Å². The first-order valence-corrected chi connectivity index (χ1v) is 7.49. The molecule has 108 valence electrons. The Bertz CT molecular complexity index is 647. The molecule has 0 radical (unpaired) electrons. The number of carboxylic acids is 1. The third-order valence-corrected chi connectivity index (χ3v) is 4.98. The average molecular weight is 296 g/mol. The second-order valence-corrected chi connectivity index (χ2v) is 6.14.